The van der Waals surface area contributed by atoms with Crippen molar-refractivity contribution in [3.63, 3.8) is 0 Å². The van der Waals surface area contributed by atoms with Crippen LogP contribution in [0.25, 0.3) is 11.2 Å². The van der Waals surface area contributed by atoms with E-state index in [0.717, 1.165) is 17.7 Å². The van der Waals surface area contributed by atoms with Gasteiger partial charge in [-0.2, -0.15) is 11.8 Å². The molecule has 1 unspecified atom stereocenters. The number of hydrogen-bond acceptors (Lipinski definition) is 3. The lowest BCUT2D eigenvalue weighted by Crippen LogP contribution is -1.94. The number of pyridine rings is 1. The van der Waals surface area contributed by atoms with Crippen LogP contribution >= 0.6 is 11.8 Å². The van der Waals surface area contributed by atoms with Crippen LogP contribution in [0.1, 0.15) is 24.7 Å². The molecule has 2 aromatic heterocycles. The number of thioether (sulfide) groups is 1. The molecule has 0 radical (unpaired) electrons. The highest BCUT2D eigenvalue weighted by molar-refractivity contribution is 7.98. The zero-order chi connectivity index (χ0) is 10.8. The Labute approximate surface area is 93.9 Å². The Hall–Kier alpha value is -1.03. The molecule has 4 heteroatoms. The number of imidazole rings is 1. The molecule has 0 fully saturated rings. The third kappa shape index (κ3) is 1.86. The molecule has 80 valence electrons. The van der Waals surface area contributed by atoms with Gasteiger partial charge in [-0.1, -0.05) is 0 Å². The summed E-state index contributed by atoms with van der Waals surface area (Å²) in [6.45, 7) is 5.25. The molecule has 2 rings (SSSR count). The van der Waals surface area contributed by atoms with Crippen molar-refractivity contribution >= 4 is 22.9 Å². The first-order valence-corrected chi connectivity index (χ1v) is 6.38. The van der Waals surface area contributed by atoms with Crippen LogP contribution in [-0.2, 0) is 6.54 Å². The topological polar surface area (TPSA) is 30.7 Å². The van der Waals surface area contributed by atoms with Gasteiger partial charge in [-0.05, 0) is 31.7 Å². The zero-order valence-corrected chi connectivity index (χ0v) is 10.1. The minimum absolute atomic E-state index is 0.488. The lowest BCUT2D eigenvalue weighted by atomic mass is 10.2. The second kappa shape index (κ2) is 4.23. The maximum absolute atomic E-state index is 4.37. The fourth-order valence-corrected chi connectivity index (χ4v) is 1.97. The van der Waals surface area contributed by atoms with E-state index < -0.39 is 0 Å². The Morgan fingerprint density at radius 1 is 1.47 bits per heavy atom. The molecule has 1 atom stereocenters. The normalized spacial score (nSPS) is 13.3. The summed E-state index contributed by atoms with van der Waals surface area (Å²) in [4.78, 5) is 8.63. The summed E-state index contributed by atoms with van der Waals surface area (Å²) in [6, 6.07) is 2.19. The van der Waals surface area contributed by atoms with Gasteiger partial charge in [0, 0.05) is 18.0 Å². The van der Waals surface area contributed by atoms with E-state index in [1.165, 1.54) is 5.56 Å². The minimum Gasteiger partial charge on any atom is -0.329 e. The first kappa shape index (κ1) is 10.5. The highest BCUT2D eigenvalue weighted by atomic mass is 32.2. The van der Waals surface area contributed by atoms with Gasteiger partial charge in [-0.3, -0.25) is 0 Å². The number of nitrogens with zero attached hydrogens (tertiary/aromatic N) is 3. The van der Waals surface area contributed by atoms with Gasteiger partial charge in [-0.15, -0.1) is 0 Å². The van der Waals surface area contributed by atoms with E-state index in [9.17, 15) is 0 Å². The van der Waals surface area contributed by atoms with E-state index in [-0.39, 0.29) is 0 Å². The number of hydrogen-bond donors (Lipinski definition) is 0. The van der Waals surface area contributed by atoms with Crippen molar-refractivity contribution in [2.45, 2.75) is 25.6 Å². The number of fused-ring (bicyclic) bond motifs is 1. The second-order valence-electron chi connectivity index (χ2n) is 3.52. The van der Waals surface area contributed by atoms with Gasteiger partial charge in [0.05, 0.1) is 11.8 Å². The quantitative estimate of drug-likeness (QED) is 0.798. The average molecular weight is 221 g/mol. The first-order valence-electron chi connectivity index (χ1n) is 5.09. The van der Waals surface area contributed by atoms with Crippen LogP contribution in [-0.4, -0.2) is 20.8 Å². The van der Waals surface area contributed by atoms with E-state index in [1.807, 2.05) is 24.3 Å². The molecule has 0 aliphatic heterocycles. The third-order valence-corrected chi connectivity index (χ3v) is 3.64. The predicted octanol–water partition coefficient (Wildman–Crippen LogP) is 2.88. The maximum atomic E-state index is 4.37. The molecular formula is C11H15N3S. The maximum Gasteiger partial charge on any atom is 0.177 e. The van der Waals surface area contributed by atoms with Crippen LogP contribution in [0.3, 0.4) is 0 Å². The van der Waals surface area contributed by atoms with Gasteiger partial charge in [0.15, 0.2) is 5.65 Å². The largest absolute Gasteiger partial charge is 0.329 e. The molecule has 2 aromatic rings. The summed E-state index contributed by atoms with van der Waals surface area (Å²) in [5, 5.41) is 0.488. The van der Waals surface area contributed by atoms with Gasteiger partial charge in [0.25, 0.3) is 0 Å². The van der Waals surface area contributed by atoms with Crippen LogP contribution in [0.2, 0.25) is 0 Å². The smallest absolute Gasteiger partial charge is 0.177 e. The summed E-state index contributed by atoms with van der Waals surface area (Å²) >= 11 is 1.83. The summed E-state index contributed by atoms with van der Waals surface area (Å²) in [5.41, 5.74) is 3.25. The van der Waals surface area contributed by atoms with Crippen molar-refractivity contribution in [3.8, 4) is 0 Å². The number of rotatable bonds is 3. The summed E-state index contributed by atoms with van der Waals surface area (Å²) in [6.07, 6.45) is 5.90. The Morgan fingerprint density at radius 2 is 2.27 bits per heavy atom. The van der Waals surface area contributed by atoms with Crippen LogP contribution in [0.4, 0.5) is 0 Å². The molecular weight excluding hydrogens is 206 g/mol. The standard InChI is InChI=1S/C11H15N3S/c1-4-14-7-13-11-10(14)5-9(6-12-11)8(2)15-3/h5-8H,4H2,1-3H3. The van der Waals surface area contributed by atoms with Gasteiger partial charge >= 0.3 is 0 Å². The Bertz CT molecular complexity index is 464. The third-order valence-electron chi connectivity index (χ3n) is 2.66. The van der Waals surface area contributed by atoms with Crippen LogP contribution in [0.15, 0.2) is 18.6 Å². The number of aryl methyl sites for hydroxylation is 1. The fourth-order valence-electron chi connectivity index (χ4n) is 1.57. The van der Waals surface area contributed by atoms with Crippen LogP contribution in [0, 0.1) is 0 Å². The van der Waals surface area contributed by atoms with E-state index >= 15 is 0 Å². The fraction of sp³-hybridized carbons (Fsp3) is 0.455. The highest BCUT2D eigenvalue weighted by Crippen LogP contribution is 2.26. The molecule has 0 saturated carbocycles. The Morgan fingerprint density at radius 3 is 2.93 bits per heavy atom. The molecule has 2 heterocycles. The van der Waals surface area contributed by atoms with Crippen molar-refractivity contribution in [1.29, 1.82) is 0 Å². The molecule has 0 spiro atoms. The highest BCUT2D eigenvalue weighted by Gasteiger charge is 2.08. The SMILES string of the molecule is CCn1cnc2ncc(C(C)SC)cc21. The molecule has 0 saturated heterocycles. The van der Waals surface area contributed by atoms with Crippen molar-refractivity contribution < 1.29 is 0 Å². The van der Waals surface area contributed by atoms with Crippen molar-refractivity contribution in [2.75, 3.05) is 6.26 Å². The molecule has 0 N–H and O–H groups in total. The Kier molecular flexibility index (Phi) is 2.95. The minimum atomic E-state index is 0.488. The summed E-state index contributed by atoms with van der Waals surface area (Å²) < 4.78 is 2.12. The van der Waals surface area contributed by atoms with Gasteiger partial charge < -0.3 is 4.57 Å². The van der Waals surface area contributed by atoms with Crippen molar-refractivity contribution in [3.05, 3.63) is 24.2 Å². The average Bonchev–Trinajstić information content (AvgIpc) is 2.69. The monoisotopic (exact) mass is 221 g/mol. The van der Waals surface area contributed by atoms with Crippen molar-refractivity contribution in [2.24, 2.45) is 0 Å². The lowest BCUT2D eigenvalue weighted by Gasteiger charge is -2.08. The molecule has 0 amide bonds. The van der Waals surface area contributed by atoms with Gasteiger partial charge in [-0.25, -0.2) is 9.97 Å². The van der Waals surface area contributed by atoms with Crippen molar-refractivity contribution in [1.82, 2.24) is 14.5 Å². The summed E-state index contributed by atoms with van der Waals surface area (Å²) in [5.74, 6) is 0. The molecule has 0 aliphatic rings. The van der Waals surface area contributed by atoms with E-state index in [2.05, 4.69) is 40.7 Å². The lowest BCUT2D eigenvalue weighted by molar-refractivity contribution is 0.786. The van der Waals surface area contributed by atoms with Crippen LogP contribution < -0.4 is 0 Å². The zero-order valence-electron chi connectivity index (χ0n) is 9.27. The Balaban J connectivity index is 2.52. The van der Waals surface area contributed by atoms with Crippen LogP contribution in [0.5, 0.6) is 0 Å². The number of aromatic nitrogens is 3. The predicted molar refractivity (Wildman–Crippen MR) is 65.1 cm³/mol. The molecule has 15 heavy (non-hydrogen) atoms. The second-order valence-corrected chi connectivity index (χ2v) is 4.70. The van der Waals surface area contributed by atoms with E-state index in [1.54, 1.807) is 0 Å². The summed E-state index contributed by atoms with van der Waals surface area (Å²) in [7, 11) is 0. The molecule has 0 bridgehead atoms. The van der Waals surface area contributed by atoms with E-state index in [4.69, 9.17) is 0 Å². The molecule has 3 nitrogen and oxygen atoms in total. The molecule has 0 aliphatic carbocycles. The van der Waals surface area contributed by atoms with Gasteiger partial charge in [0.2, 0.25) is 0 Å². The first-order chi connectivity index (χ1) is 7.26. The van der Waals surface area contributed by atoms with E-state index in [0.29, 0.717) is 5.25 Å². The molecule has 0 aromatic carbocycles. The van der Waals surface area contributed by atoms with Gasteiger partial charge in [0.1, 0.15) is 0 Å².